The van der Waals surface area contributed by atoms with Crippen LogP contribution in [0, 0.1) is 17.8 Å². The van der Waals surface area contributed by atoms with Gasteiger partial charge in [0.1, 0.15) is 0 Å². The third kappa shape index (κ3) is 0.938. The summed E-state index contributed by atoms with van der Waals surface area (Å²) in [7, 11) is 0. The normalized spacial score (nSPS) is 48.3. The average molecular weight is 189 g/mol. The summed E-state index contributed by atoms with van der Waals surface area (Å²) >= 11 is 3.56. The van der Waals surface area contributed by atoms with Crippen LogP contribution in [0.15, 0.2) is 0 Å². The van der Waals surface area contributed by atoms with Gasteiger partial charge in [0.15, 0.2) is 0 Å². The minimum Gasteiger partial charge on any atom is -0.0925 e. The van der Waals surface area contributed by atoms with E-state index in [1.54, 1.807) is 0 Å². The Morgan fingerprint density at radius 3 is 2.00 bits per heavy atom. The molecule has 0 bridgehead atoms. The molecule has 2 aliphatic carbocycles. The highest BCUT2D eigenvalue weighted by molar-refractivity contribution is 9.09. The SMILES string of the molecule is BrCC1C[C@H]2CC[C@H]2C1. The molecule has 0 amide bonds. The smallest absolute Gasteiger partial charge is 0.00598 e. The van der Waals surface area contributed by atoms with E-state index in [0.29, 0.717) is 0 Å². The second-order valence-electron chi connectivity index (χ2n) is 3.59. The molecule has 0 nitrogen and oxygen atoms in total. The lowest BCUT2D eigenvalue weighted by Gasteiger charge is -2.29. The van der Waals surface area contributed by atoms with E-state index in [1.807, 2.05) is 0 Å². The summed E-state index contributed by atoms with van der Waals surface area (Å²) in [6, 6.07) is 0. The number of hydrogen-bond acceptors (Lipinski definition) is 0. The fraction of sp³-hybridized carbons (Fsp3) is 1.00. The van der Waals surface area contributed by atoms with Gasteiger partial charge in [-0.15, -0.1) is 0 Å². The first-order valence-electron chi connectivity index (χ1n) is 3.96. The Bertz CT molecular complexity index is 99.1. The van der Waals surface area contributed by atoms with Gasteiger partial charge in [0.25, 0.3) is 0 Å². The van der Waals surface area contributed by atoms with E-state index < -0.39 is 0 Å². The van der Waals surface area contributed by atoms with E-state index in [9.17, 15) is 0 Å². The van der Waals surface area contributed by atoms with Crippen molar-refractivity contribution in [2.75, 3.05) is 5.33 Å². The molecule has 0 aliphatic heterocycles. The van der Waals surface area contributed by atoms with Gasteiger partial charge in [-0.2, -0.15) is 0 Å². The molecular formula is C8H13Br. The largest absolute Gasteiger partial charge is 0.0925 e. The van der Waals surface area contributed by atoms with E-state index in [4.69, 9.17) is 0 Å². The van der Waals surface area contributed by atoms with Crippen molar-refractivity contribution in [3.05, 3.63) is 0 Å². The number of alkyl halides is 1. The van der Waals surface area contributed by atoms with Crippen LogP contribution in [-0.2, 0) is 0 Å². The topological polar surface area (TPSA) is 0 Å². The van der Waals surface area contributed by atoms with Crippen LogP contribution in [0.4, 0.5) is 0 Å². The monoisotopic (exact) mass is 188 g/mol. The molecule has 3 atom stereocenters. The molecule has 0 aromatic carbocycles. The van der Waals surface area contributed by atoms with Crippen molar-refractivity contribution in [3.8, 4) is 0 Å². The predicted octanol–water partition coefficient (Wildman–Crippen LogP) is 2.82. The van der Waals surface area contributed by atoms with Gasteiger partial charge < -0.3 is 0 Å². The second kappa shape index (κ2) is 2.26. The third-order valence-corrected chi connectivity index (χ3v) is 3.98. The summed E-state index contributed by atoms with van der Waals surface area (Å²) in [6.45, 7) is 0. The molecule has 2 rings (SSSR count). The van der Waals surface area contributed by atoms with Gasteiger partial charge >= 0.3 is 0 Å². The van der Waals surface area contributed by atoms with Crippen LogP contribution < -0.4 is 0 Å². The molecular weight excluding hydrogens is 176 g/mol. The minimum absolute atomic E-state index is 1.03. The maximum absolute atomic E-state index is 3.56. The third-order valence-electron chi connectivity index (χ3n) is 3.07. The standard InChI is InChI=1S/C8H13Br/c9-5-6-3-7-1-2-8(7)4-6/h6-8H,1-5H2/t6?,7-,8+. The highest BCUT2D eigenvalue weighted by Gasteiger charge is 2.39. The van der Waals surface area contributed by atoms with E-state index in [0.717, 1.165) is 17.8 Å². The van der Waals surface area contributed by atoms with Gasteiger partial charge in [-0.05, 0) is 43.4 Å². The highest BCUT2D eigenvalue weighted by Crippen LogP contribution is 2.49. The van der Waals surface area contributed by atoms with E-state index in [2.05, 4.69) is 15.9 Å². The zero-order chi connectivity index (χ0) is 6.27. The van der Waals surface area contributed by atoms with Crippen LogP contribution in [0.5, 0.6) is 0 Å². The second-order valence-corrected chi connectivity index (χ2v) is 4.24. The molecule has 2 aliphatic rings. The Hall–Kier alpha value is 0.480. The first-order chi connectivity index (χ1) is 4.40. The summed E-state index contributed by atoms with van der Waals surface area (Å²) in [6.07, 6.45) is 6.12. The Kier molecular flexibility index (Phi) is 1.56. The molecule has 0 saturated heterocycles. The molecule has 0 aromatic heterocycles. The zero-order valence-corrected chi connectivity index (χ0v) is 7.23. The molecule has 1 unspecified atom stereocenters. The lowest BCUT2D eigenvalue weighted by atomic mass is 9.77. The highest BCUT2D eigenvalue weighted by atomic mass is 79.9. The molecule has 0 aromatic rings. The van der Waals surface area contributed by atoms with Gasteiger partial charge in [0, 0.05) is 5.33 Å². The van der Waals surface area contributed by atoms with E-state index in [1.165, 1.54) is 31.0 Å². The predicted molar refractivity (Wildman–Crippen MR) is 42.7 cm³/mol. The van der Waals surface area contributed by atoms with E-state index >= 15 is 0 Å². The van der Waals surface area contributed by atoms with Gasteiger partial charge in [-0.1, -0.05) is 15.9 Å². The Morgan fingerprint density at radius 1 is 1.11 bits per heavy atom. The summed E-state index contributed by atoms with van der Waals surface area (Å²) in [5, 5.41) is 1.25. The number of halogens is 1. The van der Waals surface area contributed by atoms with Crippen LogP contribution in [0.25, 0.3) is 0 Å². The first kappa shape index (κ1) is 6.21. The Morgan fingerprint density at radius 2 is 1.67 bits per heavy atom. The maximum atomic E-state index is 3.56. The molecule has 52 valence electrons. The van der Waals surface area contributed by atoms with Crippen LogP contribution in [-0.4, -0.2) is 5.33 Å². The lowest BCUT2D eigenvalue weighted by molar-refractivity contribution is 0.219. The molecule has 0 heterocycles. The summed E-state index contributed by atoms with van der Waals surface area (Å²) < 4.78 is 0. The molecule has 9 heavy (non-hydrogen) atoms. The van der Waals surface area contributed by atoms with Crippen LogP contribution in [0.2, 0.25) is 0 Å². The van der Waals surface area contributed by atoms with Crippen molar-refractivity contribution >= 4 is 15.9 Å². The van der Waals surface area contributed by atoms with Gasteiger partial charge in [0.2, 0.25) is 0 Å². The Labute approximate surface area is 65.1 Å². The van der Waals surface area contributed by atoms with Gasteiger partial charge in [-0.3, -0.25) is 0 Å². The number of rotatable bonds is 1. The van der Waals surface area contributed by atoms with Gasteiger partial charge in [0.05, 0.1) is 0 Å². The van der Waals surface area contributed by atoms with Crippen LogP contribution in [0.3, 0.4) is 0 Å². The zero-order valence-electron chi connectivity index (χ0n) is 5.65. The molecule has 0 N–H and O–H groups in total. The number of fused-ring (bicyclic) bond motifs is 1. The molecule has 0 radical (unpaired) electrons. The Balaban J connectivity index is 1.91. The molecule has 1 heteroatoms. The van der Waals surface area contributed by atoms with Crippen molar-refractivity contribution in [1.82, 2.24) is 0 Å². The van der Waals surface area contributed by atoms with Gasteiger partial charge in [-0.25, -0.2) is 0 Å². The van der Waals surface area contributed by atoms with Crippen molar-refractivity contribution in [2.24, 2.45) is 17.8 Å². The quantitative estimate of drug-likeness (QED) is 0.556. The van der Waals surface area contributed by atoms with Crippen molar-refractivity contribution in [2.45, 2.75) is 25.7 Å². The minimum atomic E-state index is 1.03. The fourth-order valence-corrected chi connectivity index (χ4v) is 2.87. The maximum Gasteiger partial charge on any atom is 0.00598 e. The molecule has 2 saturated carbocycles. The van der Waals surface area contributed by atoms with E-state index in [-0.39, 0.29) is 0 Å². The first-order valence-corrected chi connectivity index (χ1v) is 5.08. The van der Waals surface area contributed by atoms with Crippen molar-refractivity contribution in [3.63, 3.8) is 0 Å². The van der Waals surface area contributed by atoms with Crippen LogP contribution in [0.1, 0.15) is 25.7 Å². The summed E-state index contributed by atoms with van der Waals surface area (Å²) in [4.78, 5) is 0. The average Bonchev–Trinajstić information content (AvgIpc) is 2.10. The van der Waals surface area contributed by atoms with Crippen LogP contribution >= 0.6 is 15.9 Å². The summed E-state index contributed by atoms with van der Waals surface area (Å²) in [5.41, 5.74) is 0. The molecule has 0 spiro atoms. The van der Waals surface area contributed by atoms with Crippen molar-refractivity contribution in [1.29, 1.82) is 0 Å². The number of hydrogen-bond donors (Lipinski definition) is 0. The summed E-state index contributed by atoms with van der Waals surface area (Å²) in [5.74, 6) is 3.32. The fourth-order valence-electron chi connectivity index (χ4n) is 2.34. The lowest BCUT2D eigenvalue weighted by Crippen LogP contribution is -2.18. The molecule has 2 fully saturated rings. The van der Waals surface area contributed by atoms with Crippen molar-refractivity contribution < 1.29 is 0 Å².